The van der Waals surface area contributed by atoms with Crippen LogP contribution in [-0.2, 0) is 11.2 Å². The summed E-state index contributed by atoms with van der Waals surface area (Å²) in [5.74, 6) is 2.99. The average Bonchev–Trinajstić information content (AvgIpc) is 3.18. The molecule has 5 unspecified atom stereocenters. The zero-order valence-corrected chi connectivity index (χ0v) is 23.7. The molecular weight excluding hydrogens is 484 g/mol. The van der Waals surface area contributed by atoms with E-state index in [2.05, 4.69) is 38.6 Å². The van der Waals surface area contributed by atoms with Crippen molar-refractivity contribution in [2.45, 2.75) is 120 Å². The Balaban J connectivity index is 1.13. The molecule has 6 nitrogen and oxygen atoms in total. The molecule has 0 amide bonds. The summed E-state index contributed by atoms with van der Waals surface area (Å²) in [5.41, 5.74) is 2.44. The Hall–Kier alpha value is -1.92. The molecule has 1 aromatic carbocycles. The van der Waals surface area contributed by atoms with Crippen LogP contribution in [0.15, 0.2) is 24.3 Å². The first-order valence-corrected chi connectivity index (χ1v) is 16.3. The quantitative estimate of drug-likeness (QED) is 0.474. The number of para-hydroxylation sites is 2. The number of aromatic nitrogens is 2. The van der Waals surface area contributed by atoms with Gasteiger partial charge in [0.25, 0.3) is 0 Å². The van der Waals surface area contributed by atoms with Crippen LogP contribution in [0.3, 0.4) is 0 Å². The molecule has 3 aliphatic heterocycles. The van der Waals surface area contributed by atoms with Crippen LogP contribution in [-0.4, -0.2) is 68.2 Å². The Morgan fingerprint density at radius 3 is 2.31 bits per heavy atom. The molecule has 2 aliphatic carbocycles. The number of carboxylic acids is 1. The smallest absolute Gasteiger partial charge is 0.317 e. The Morgan fingerprint density at radius 1 is 0.821 bits per heavy atom. The molecule has 7 rings (SSSR count). The molecule has 4 heterocycles. The number of hydrogen-bond donors (Lipinski definition) is 1. The lowest BCUT2D eigenvalue weighted by Crippen LogP contribution is -2.58. The molecule has 0 spiro atoms. The first-order chi connectivity index (χ1) is 19.1. The highest BCUT2D eigenvalue weighted by atomic mass is 16.4. The van der Waals surface area contributed by atoms with Crippen LogP contribution in [0.5, 0.6) is 0 Å². The van der Waals surface area contributed by atoms with E-state index in [-0.39, 0.29) is 6.54 Å². The van der Waals surface area contributed by atoms with Crippen LogP contribution in [0, 0.1) is 17.8 Å². The molecule has 3 saturated heterocycles. The minimum absolute atomic E-state index is 0.164. The highest BCUT2D eigenvalue weighted by molar-refractivity contribution is 5.76. The monoisotopic (exact) mass is 532 g/mol. The van der Waals surface area contributed by atoms with Crippen molar-refractivity contribution in [1.82, 2.24) is 19.4 Å². The van der Waals surface area contributed by atoms with Crippen molar-refractivity contribution in [3.8, 4) is 0 Å². The van der Waals surface area contributed by atoms with Gasteiger partial charge in [-0.05, 0) is 94.2 Å². The predicted molar refractivity (Wildman–Crippen MR) is 155 cm³/mol. The lowest BCUT2D eigenvalue weighted by atomic mass is 9.73. The lowest BCUT2D eigenvalue weighted by Gasteiger charge is -2.54. The number of carboxylic acid groups (broad SMARTS) is 1. The van der Waals surface area contributed by atoms with Gasteiger partial charge in [-0.3, -0.25) is 14.6 Å². The van der Waals surface area contributed by atoms with E-state index in [4.69, 9.17) is 4.98 Å². The number of rotatable bonds is 6. The molecule has 1 aromatic heterocycles. The third kappa shape index (κ3) is 5.40. The average molecular weight is 533 g/mol. The van der Waals surface area contributed by atoms with Gasteiger partial charge in [0.15, 0.2) is 0 Å². The minimum atomic E-state index is -0.710. The Bertz CT molecular complexity index is 1130. The first kappa shape index (κ1) is 26.0. The van der Waals surface area contributed by atoms with E-state index in [1.54, 1.807) is 0 Å². The van der Waals surface area contributed by atoms with E-state index >= 15 is 0 Å². The van der Waals surface area contributed by atoms with E-state index in [0.29, 0.717) is 12.0 Å². The number of imidazole rings is 1. The maximum absolute atomic E-state index is 11.4. The van der Waals surface area contributed by atoms with Crippen molar-refractivity contribution in [1.29, 1.82) is 0 Å². The van der Waals surface area contributed by atoms with Crippen LogP contribution in [0.2, 0.25) is 0 Å². The summed E-state index contributed by atoms with van der Waals surface area (Å²) in [6.07, 6.45) is 20.2. The molecule has 1 N–H and O–H groups in total. The fourth-order valence-corrected chi connectivity index (χ4v) is 9.86. The number of nitrogens with zero attached hydrogens (tertiary/aromatic N) is 4. The summed E-state index contributed by atoms with van der Waals surface area (Å²) < 4.78 is 2.66. The summed E-state index contributed by atoms with van der Waals surface area (Å²) in [6.45, 7) is 1.95. The Kier molecular flexibility index (Phi) is 7.44. The molecule has 5 aliphatic rings. The largest absolute Gasteiger partial charge is 0.480 e. The molecule has 2 aromatic rings. The van der Waals surface area contributed by atoms with Crippen LogP contribution in [0.1, 0.15) is 102 Å². The zero-order chi connectivity index (χ0) is 26.3. The summed E-state index contributed by atoms with van der Waals surface area (Å²) in [4.78, 5) is 21.8. The highest BCUT2D eigenvalue weighted by Crippen LogP contribution is 2.47. The normalized spacial score (nSPS) is 36.1. The minimum Gasteiger partial charge on any atom is -0.480 e. The third-order valence-corrected chi connectivity index (χ3v) is 11.2. The number of benzene rings is 1. The molecule has 39 heavy (non-hydrogen) atoms. The molecule has 5 fully saturated rings. The van der Waals surface area contributed by atoms with Crippen molar-refractivity contribution in [3.05, 3.63) is 30.1 Å². The van der Waals surface area contributed by atoms with Gasteiger partial charge in [0.2, 0.25) is 0 Å². The van der Waals surface area contributed by atoms with Crippen LogP contribution in [0.4, 0.5) is 0 Å². The van der Waals surface area contributed by atoms with Gasteiger partial charge < -0.3 is 9.67 Å². The van der Waals surface area contributed by atoms with Crippen molar-refractivity contribution in [3.63, 3.8) is 0 Å². The second-order valence-electron chi connectivity index (χ2n) is 13.9. The van der Waals surface area contributed by atoms with Crippen molar-refractivity contribution in [2.75, 3.05) is 19.6 Å². The van der Waals surface area contributed by atoms with Gasteiger partial charge in [-0.1, -0.05) is 44.2 Å². The third-order valence-electron chi connectivity index (χ3n) is 11.2. The van der Waals surface area contributed by atoms with E-state index in [9.17, 15) is 9.90 Å². The number of carbonyl (C=O) groups is 1. The fourth-order valence-electron chi connectivity index (χ4n) is 9.86. The van der Waals surface area contributed by atoms with E-state index in [1.165, 1.54) is 94.8 Å². The maximum atomic E-state index is 11.4. The lowest BCUT2D eigenvalue weighted by molar-refractivity contribution is -0.138. The van der Waals surface area contributed by atoms with Crippen LogP contribution < -0.4 is 0 Å². The van der Waals surface area contributed by atoms with Gasteiger partial charge in [-0.15, -0.1) is 0 Å². The zero-order valence-electron chi connectivity index (χ0n) is 23.7. The molecule has 0 radical (unpaired) electrons. The van der Waals surface area contributed by atoms with Crippen molar-refractivity contribution >= 4 is 17.0 Å². The van der Waals surface area contributed by atoms with Gasteiger partial charge in [-0.25, -0.2) is 4.98 Å². The van der Waals surface area contributed by atoms with Crippen molar-refractivity contribution < 1.29 is 9.90 Å². The van der Waals surface area contributed by atoms with E-state index in [1.807, 2.05) is 0 Å². The van der Waals surface area contributed by atoms with Gasteiger partial charge >= 0.3 is 5.97 Å². The molecular formula is C33H48N4O2. The number of piperidine rings is 3. The number of fused-ring (bicyclic) bond motifs is 5. The van der Waals surface area contributed by atoms with E-state index in [0.717, 1.165) is 61.4 Å². The van der Waals surface area contributed by atoms with Gasteiger partial charge in [0.1, 0.15) is 5.82 Å². The van der Waals surface area contributed by atoms with Crippen molar-refractivity contribution in [2.24, 2.45) is 17.8 Å². The molecule has 212 valence electrons. The Morgan fingerprint density at radius 2 is 1.56 bits per heavy atom. The summed E-state index contributed by atoms with van der Waals surface area (Å²) in [6, 6.07) is 11.6. The number of likely N-dealkylation sites (tertiary alicyclic amines) is 1. The summed E-state index contributed by atoms with van der Waals surface area (Å²) in [7, 11) is 0. The first-order valence-electron chi connectivity index (χ1n) is 16.3. The fraction of sp³-hybridized carbons (Fsp3) is 0.758. The maximum Gasteiger partial charge on any atom is 0.317 e. The topological polar surface area (TPSA) is 61.6 Å². The van der Waals surface area contributed by atoms with E-state index < -0.39 is 5.97 Å². The standard InChI is InChI=1S/C33H48N4O2/c38-33(39)22-35-14-6-9-25(21-35)18-32-34-30-12-3-4-13-31(30)37(32)29-19-26-10-5-11-27(20-29)36(26)28-16-23-7-1-2-8-24(15-23)17-28/h3-4,12-13,23-29H,1-2,5-11,14-22H2,(H,38,39). The Labute approximate surface area is 234 Å². The predicted octanol–water partition coefficient (Wildman–Crippen LogP) is 6.29. The second kappa shape index (κ2) is 11.2. The van der Waals surface area contributed by atoms with Gasteiger partial charge in [0, 0.05) is 37.1 Å². The van der Waals surface area contributed by atoms with Gasteiger partial charge in [0.05, 0.1) is 17.6 Å². The number of aliphatic carboxylic acids is 1. The SMILES string of the molecule is O=C(O)CN1CCCC(Cc2nc3ccccc3n2C2CC3CCCC(C2)N3C2CC3CCCCC(C3)C2)C1. The molecule has 4 bridgehead atoms. The number of hydrogen-bond acceptors (Lipinski definition) is 4. The molecule has 6 heteroatoms. The van der Waals surface area contributed by atoms with Gasteiger partial charge in [-0.2, -0.15) is 0 Å². The molecule has 2 saturated carbocycles. The summed E-state index contributed by atoms with van der Waals surface area (Å²) >= 11 is 0. The highest BCUT2D eigenvalue weighted by Gasteiger charge is 2.45. The molecule has 5 atom stereocenters. The summed E-state index contributed by atoms with van der Waals surface area (Å²) in [5, 5.41) is 9.34. The van der Waals surface area contributed by atoms with Crippen LogP contribution >= 0.6 is 0 Å². The second-order valence-corrected chi connectivity index (χ2v) is 13.9. The van der Waals surface area contributed by atoms with Crippen LogP contribution in [0.25, 0.3) is 11.0 Å².